The van der Waals surface area contributed by atoms with E-state index in [1.807, 2.05) is 6.07 Å². The Kier molecular flexibility index (Phi) is 6.71. The standard InChI is InChI=1S/C15H25NO/c1-4-5-10-16-11-7-12-17-15-9-6-8-13(2)14(15)3/h6,8-9,16H,4-5,7,10-12H2,1-3H3. The zero-order chi connectivity index (χ0) is 12.5. The minimum absolute atomic E-state index is 0.795. The molecule has 2 nitrogen and oxygen atoms in total. The monoisotopic (exact) mass is 235 g/mol. The Morgan fingerprint density at radius 3 is 2.65 bits per heavy atom. The second-order valence-electron chi connectivity index (χ2n) is 4.50. The van der Waals surface area contributed by atoms with E-state index in [2.05, 4.69) is 38.2 Å². The van der Waals surface area contributed by atoms with E-state index in [1.165, 1.54) is 24.0 Å². The summed E-state index contributed by atoms with van der Waals surface area (Å²) in [5, 5.41) is 3.42. The molecule has 96 valence electrons. The van der Waals surface area contributed by atoms with Crippen molar-refractivity contribution in [1.82, 2.24) is 5.32 Å². The molecule has 0 heterocycles. The lowest BCUT2D eigenvalue weighted by Gasteiger charge is -2.11. The molecule has 2 heteroatoms. The highest BCUT2D eigenvalue weighted by atomic mass is 16.5. The number of aryl methyl sites for hydroxylation is 1. The maximum Gasteiger partial charge on any atom is 0.122 e. The van der Waals surface area contributed by atoms with Crippen molar-refractivity contribution in [2.24, 2.45) is 0 Å². The first-order chi connectivity index (χ1) is 8.25. The Bertz CT molecular complexity index is 323. The molecule has 0 amide bonds. The van der Waals surface area contributed by atoms with Crippen LogP contribution in [0.2, 0.25) is 0 Å². The molecule has 0 unspecified atom stereocenters. The summed E-state index contributed by atoms with van der Waals surface area (Å²) < 4.78 is 5.78. The van der Waals surface area contributed by atoms with E-state index in [9.17, 15) is 0 Å². The average Bonchev–Trinajstić information content (AvgIpc) is 2.33. The Labute approximate surface area is 105 Å². The van der Waals surface area contributed by atoms with E-state index in [0.717, 1.165) is 31.9 Å². The summed E-state index contributed by atoms with van der Waals surface area (Å²) in [6, 6.07) is 6.22. The highest BCUT2D eigenvalue weighted by Crippen LogP contribution is 2.20. The Hall–Kier alpha value is -1.02. The highest BCUT2D eigenvalue weighted by Gasteiger charge is 2.00. The van der Waals surface area contributed by atoms with Gasteiger partial charge in [0.1, 0.15) is 5.75 Å². The molecule has 1 aromatic rings. The summed E-state index contributed by atoms with van der Waals surface area (Å²) in [5.41, 5.74) is 2.55. The van der Waals surface area contributed by atoms with Gasteiger partial charge in [0.15, 0.2) is 0 Å². The van der Waals surface area contributed by atoms with Gasteiger partial charge in [-0.05, 0) is 57.0 Å². The second-order valence-corrected chi connectivity index (χ2v) is 4.50. The van der Waals surface area contributed by atoms with Gasteiger partial charge in [0.25, 0.3) is 0 Å². The fraction of sp³-hybridized carbons (Fsp3) is 0.600. The molecule has 0 radical (unpaired) electrons. The number of benzene rings is 1. The molecule has 1 N–H and O–H groups in total. The number of ether oxygens (including phenoxy) is 1. The number of hydrogen-bond donors (Lipinski definition) is 1. The zero-order valence-electron chi connectivity index (χ0n) is 11.4. The minimum atomic E-state index is 0.795. The summed E-state index contributed by atoms with van der Waals surface area (Å²) in [6.07, 6.45) is 3.58. The van der Waals surface area contributed by atoms with Gasteiger partial charge in [-0.25, -0.2) is 0 Å². The topological polar surface area (TPSA) is 21.3 Å². The lowest BCUT2D eigenvalue weighted by Crippen LogP contribution is -2.18. The lowest BCUT2D eigenvalue weighted by atomic mass is 10.1. The van der Waals surface area contributed by atoms with Crippen LogP contribution in [0.3, 0.4) is 0 Å². The zero-order valence-corrected chi connectivity index (χ0v) is 11.4. The molecule has 0 saturated heterocycles. The van der Waals surface area contributed by atoms with Crippen LogP contribution in [-0.4, -0.2) is 19.7 Å². The van der Waals surface area contributed by atoms with Gasteiger partial charge in [-0.2, -0.15) is 0 Å². The average molecular weight is 235 g/mol. The first-order valence-corrected chi connectivity index (χ1v) is 6.65. The number of rotatable bonds is 8. The van der Waals surface area contributed by atoms with Crippen molar-refractivity contribution in [3.05, 3.63) is 29.3 Å². The van der Waals surface area contributed by atoms with Gasteiger partial charge in [-0.3, -0.25) is 0 Å². The van der Waals surface area contributed by atoms with Crippen LogP contribution in [-0.2, 0) is 0 Å². The molecule has 0 spiro atoms. The number of unbranched alkanes of at least 4 members (excludes halogenated alkanes) is 1. The summed E-state index contributed by atoms with van der Waals surface area (Å²) >= 11 is 0. The van der Waals surface area contributed by atoms with Gasteiger partial charge in [0.2, 0.25) is 0 Å². The molecule has 17 heavy (non-hydrogen) atoms. The van der Waals surface area contributed by atoms with Crippen molar-refractivity contribution in [2.75, 3.05) is 19.7 Å². The Morgan fingerprint density at radius 1 is 1.12 bits per heavy atom. The first-order valence-electron chi connectivity index (χ1n) is 6.65. The molecule has 0 atom stereocenters. The highest BCUT2D eigenvalue weighted by molar-refractivity contribution is 5.38. The largest absolute Gasteiger partial charge is 0.493 e. The van der Waals surface area contributed by atoms with E-state index < -0.39 is 0 Å². The van der Waals surface area contributed by atoms with E-state index in [1.54, 1.807) is 0 Å². The summed E-state index contributed by atoms with van der Waals surface area (Å²) in [5.74, 6) is 1.03. The molecule has 0 aliphatic heterocycles. The van der Waals surface area contributed by atoms with Crippen molar-refractivity contribution in [1.29, 1.82) is 0 Å². The molecular weight excluding hydrogens is 210 g/mol. The van der Waals surface area contributed by atoms with Crippen molar-refractivity contribution in [3.63, 3.8) is 0 Å². The normalized spacial score (nSPS) is 10.5. The smallest absolute Gasteiger partial charge is 0.122 e. The summed E-state index contributed by atoms with van der Waals surface area (Å²) in [4.78, 5) is 0. The molecule has 0 aliphatic rings. The SMILES string of the molecule is CCCCNCCCOc1cccc(C)c1C. The van der Waals surface area contributed by atoms with E-state index >= 15 is 0 Å². The van der Waals surface area contributed by atoms with E-state index in [-0.39, 0.29) is 0 Å². The van der Waals surface area contributed by atoms with Crippen LogP contribution in [0.25, 0.3) is 0 Å². The molecule has 1 rings (SSSR count). The molecule has 0 saturated carbocycles. The van der Waals surface area contributed by atoms with Crippen molar-refractivity contribution < 1.29 is 4.74 Å². The predicted molar refractivity (Wildman–Crippen MR) is 73.8 cm³/mol. The van der Waals surface area contributed by atoms with Crippen LogP contribution in [0, 0.1) is 13.8 Å². The third-order valence-electron chi connectivity index (χ3n) is 3.02. The predicted octanol–water partition coefficient (Wildman–Crippen LogP) is 3.46. The molecule has 0 bridgehead atoms. The van der Waals surface area contributed by atoms with Crippen LogP contribution >= 0.6 is 0 Å². The summed E-state index contributed by atoms with van der Waals surface area (Å²) in [7, 11) is 0. The lowest BCUT2D eigenvalue weighted by molar-refractivity contribution is 0.306. The fourth-order valence-electron chi connectivity index (χ4n) is 1.69. The third-order valence-corrected chi connectivity index (χ3v) is 3.02. The molecule has 0 fully saturated rings. The van der Waals surface area contributed by atoms with Crippen LogP contribution in [0.15, 0.2) is 18.2 Å². The molecule has 1 aromatic carbocycles. The van der Waals surface area contributed by atoms with Crippen molar-refractivity contribution >= 4 is 0 Å². The maximum atomic E-state index is 5.78. The van der Waals surface area contributed by atoms with Crippen molar-refractivity contribution in [2.45, 2.75) is 40.0 Å². The minimum Gasteiger partial charge on any atom is -0.493 e. The first kappa shape index (κ1) is 14.0. The summed E-state index contributed by atoms with van der Waals surface area (Å²) in [6.45, 7) is 9.41. The molecular formula is C15H25NO. The van der Waals surface area contributed by atoms with Crippen LogP contribution in [0.4, 0.5) is 0 Å². The van der Waals surface area contributed by atoms with Gasteiger partial charge in [0.05, 0.1) is 6.61 Å². The second kappa shape index (κ2) is 8.13. The number of hydrogen-bond acceptors (Lipinski definition) is 2. The van der Waals surface area contributed by atoms with Gasteiger partial charge < -0.3 is 10.1 Å². The van der Waals surface area contributed by atoms with Gasteiger partial charge in [-0.15, -0.1) is 0 Å². The van der Waals surface area contributed by atoms with Crippen molar-refractivity contribution in [3.8, 4) is 5.75 Å². The van der Waals surface area contributed by atoms with Gasteiger partial charge in [-0.1, -0.05) is 25.5 Å². The van der Waals surface area contributed by atoms with Crippen LogP contribution in [0.5, 0.6) is 5.75 Å². The Balaban J connectivity index is 2.16. The molecule has 0 aromatic heterocycles. The van der Waals surface area contributed by atoms with Crippen LogP contribution < -0.4 is 10.1 Å². The van der Waals surface area contributed by atoms with Gasteiger partial charge in [0, 0.05) is 0 Å². The number of nitrogens with one attached hydrogen (secondary N) is 1. The fourth-order valence-corrected chi connectivity index (χ4v) is 1.69. The Morgan fingerprint density at radius 2 is 1.88 bits per heavy atom. The van der Waals surface area contributed by atoms with E-state index in [4.69, 9.17) is 4.74 Å². The quantitative estimate of drug-likeness (QED) is 0.697. The van der Waals surface area contributed by atoms with Crippen LogP contribution in [0.1, 0.15) is 37.3 Å². The van der Waals surface area contributed by atoms with E-state index in [0.29, 0.717) is 0 Å². The third kappa shape index (κ3) is 5.22. The van der Waals surface area contributed by atoms with Gasteiger partial charge >= 0.3 is 0 Å². The maximum absolute atomic E-state index is 5.78. The molecule has 0 aliphatic carbocycles.